The van der Waals surface area contributed by atoms with Gasteiger partial charge < -0.3 is 10.2 Å². The summed E-state index contributed by atoms with van der Waals surface area (Å²) in [5, 5.41) is 3.60. The van der Waals surface area contributed by atoms with Crippen molar-refractivity contribution in [3.8, 4) is 0 Å². The fourth-order valence-electron chi connectivity index (χ4n) is 4.41. The molecule has 0 amide bonds. The van der Waals surface area contributed by atoms with E-state index in [1.807, 2.05) is 4.90 Å². The highest BCUT2D eigenvalue weighted by Gasteiger charge is 2.43. The van der Waals surface area contributed by atoms with Crippen molar-refractivity contribution >= 4 is 46.5 Å². The molecule has 1 aromatic rings. The van der Waals surface area contributed by atoms with Gasteiger partial charge in [0.1, 0.15) is 12.5 Å². The molecule has 0 atom stereocenters. The molecule has 0 spiro atoms. The second kappa shape index (κ2) is 7.84. The van der Waals surface area contributed by atoms with Crippen LogP contribution in [0.4, 0.5) is 13.2 Å². The van der Waals surface area contributed by atoms with Crippen LogP contribution in [0.3, 0.4) is 0 Å². The lowest BCUT2D eigenvalue weighted by Gasteiger charge is -2.50. The third-order valence-electron chi connectivity index (χ3n) is 5.17. The standard InChI is InChI=1S/C20H24Cl3F3N4/c1-17(2)9-14(10-18(3,4)29-17)30-11-27-16(19(21,22)23)28-15(30)12-6-5-7-13(8-12)20(24,25)26/h5-8,14,29H,9-11H2,1-4H3. The van der Waals surface area contributed by atoms with E-state index in [0.29, 0.717) is 11.4 Å². The maximum atomic E-state index is 13.3. The van der Waals surface area contributed by atoms with Crippen molar-refractivity contribution in [3.63, 3.8) is 0 Å². The molecule has 2 aliphatic heterocycles. The summed E-state index contributed by atoms with van der Waals surface area (Å²) in [6, 6.07) is 5.03. The number of amidine groups is 2. The first-order valence-electron chi connectivity index (χ1n) is 9.51. The van der Waals surface area contributed by atoms with Gasteiger partial charge >= 0.3 is 6.18 Å². The summed E-state index contributed by atoms with van der Waals surface area (Å²) >= 11 is 17.9. The summed E-state index contributed by atoms with van der Waals surface area (Å²) in [5.74, 6) is 0.291. The van der Waals surface area contributed by atoms with E-state index in [-0.39, 0.29) is 29.6 Å². The summed E-state index contributed by atoms with van der Waals surface area (Å²) < 4.78 is 38.1. The maximum Gasteiger partial charge on any atom is 0.416 e. The molecular weight excluding hydrogens is 460 g/mol. The fourth-order valence-corrected chi connectivity index (χ4v) is 4.71. The van der Waals surface area contributed by atoms with E-state index in [0.717, 1.165) is 25.0 Å². The second-order valence-corrected chi connectivity index (χ2v) is 11.3. The number of halogens is 6. The van der Waals surface area contributed by atoms with E-state index in [4.69, 9.17) is 34.8 Å². The molecule has 0 aliphatic carbocycles. The van der Waals surface area contributed by atoms with Gasteiger partial charge in [0, 0.05) is 22.7 Å². The minimum absolute atomic E-state index is 0.00906. The van der Waals surface area contributed by atoms with Gasteiger partial charge in [0.2, 0.25) is 3.79 Å². The van der Waals surface area contributed by atoms with Crippen molar-refractivity contribution in [1.29, 1.82) is 0 Å². The molecule has 1 fully saturated rings. The Morgan fingerprint density at radius 1 is 1.07 bits per heavy atom. The number of hydrogen-bond donors (Lipinski definition) is 1. The molecule has 3 rings (SSSR count). The molecule has 2 aliphatic rings. The molecule has 2 heterocycles. The summed E-state index contributed by atoms with van der Waals surface area (Å²) in [6.45, 7) is 8.54. The third kappa shape index (κ3) is 5.42. The summed E-state index contributed by atoms with van der Waals surface area (Å²) in [5.41, 5.74) is -0.804. The Hall–Kier alpha value is -1.02. The number of nitrogens with one attached hydrogen (secondary N) is 1. The topological polar surface area (TPSA) is 40.0 Å². The molecule has 30 heavy (non-hydrogen) atoms. The largest absolute Gasteiger partial charge is 0.416 e. The molecule has 10 heteroatoms. The van der Waals surface area contributed by atoms with Gasteiger partial charge in [0.15, 0.2) is 5.84 Å². The van der Waals surface area contributed by atoms with Crippen LogP contribution in [0, 0.1) is 0 Å². The predicted molar refractivity (Wildman–Crippen MR) is 117 cm³/mol. The van der Waals surface area contributed by atoms with Crippen LogP contribution in [0.1, 0.15) is 51.7 Å². The lowest BCUT2D eigenvalue weighted by molar-refractivity contribution is -0.137. The van der Waals surface area contributed by atoms with Crippen LogP contribution in [0.15, 0.2) is 34.3 Å². The Morgan fingerprint density at radius 3 is 2.20 bits per heavy atom. The highest BCUT2D eigenvalue weighted by molar-refractivity contribution is 6.77. The number of benzene rings is 1. The zero-order valence-electron chi connectivity index (χ0n) is 17.1. The van der Waals surface area contributed by atoms with Crippen LogP contribution in [0.2, 0.25) is 0 Å². The van der Waals surface area contributed by atoms with Gasteiger partial charge in [-0.05, 0) is 52.7 Å². The van der Waals surface area contributed by atoms with E-state index in [1.54, 1.807) is 6.07 Å². The highest BCUT2D eigenvalue weighted by Crippen LogP contribution is 2.36. The Labute approximate surface area is 189 Å². The van der Waals surface area contributed by atoms with Crippen molar-refractivity contribution < 1.29 is 13.2 Å². The van der Waals surface area contributed by atoms with Gasteiger partial charge in [-0.15, -0.1) is 0 Å². The third-order valence-corrected chi connectivity index (χ3v) is 5.67. The normalized spacial score (nSPS) is 22.5. The number of alkyl halides is 6. The fraction of sp³-hybridized carbons (Fsp3) is 0.600. The Bertz CT molecular complexity index is 857. The lowest BCUT2D eigenvalue weighted by atomic mass is 9.79. The zero-order chi connectivity index (χ0) is 22.5. The van der Waals surface area contributed by atoms with Gasteiger partial charge in [-0.1, -0.05) is 46.9 Å². The molecule has 166 valence electrons. The van der Waals surface area contributed by atoms with Crippen LogP contribution in [0.25, 0.3) is 0 Å². The first-order chi connectivity index (χ1) is 13.6. The van der Waals surface area contributed by atoms with E-state index < -0.39 is 15.5 Å². The van der Waals surface area contributed by atoms with Crippen LogP contribution < -0.4 is 5.32 Å². The van der Waals surface area contributed by atoms with Crippen molar-refractivity contribution in [1.82, 2.24) is 10.2 Å². The number of hydrogen-bond acceptors (Lipinski definition) is 4. The van der Waals surface area contributed by atoms with Gasteiger partial charge in [0.25, 0.3) is 0 Å². The predicted octanol–water partition coefficient (Wildman–Crippen LogP) is 5.80. The minimum Gasteiger partial charge on any atom is -0.333 e. The van der Waals surface area contributed by atoms with E-state index in [2.05, 4.69) is 43.0 Å². The average Bonchev–Trinajstić information content (AvgIpc) is 2.57. The second-order valence-electron chi connectivity index (χ2n) is 9.06. The average molecular weight is 484 g/mol. The van der Waals surface area contributed by atoms with E-state index in [9.17, 15) is 13.2 Å². The summed E-state index contributed by atoms with van der Waals surface area (Å²) in [6.07, 6.45) is -2.96. The van der Waals surface area contributed by atoms with Crippen LogP contribution >= 0.6 is 34.8 Å². The molecule has 1 aromatic carbocycles. The summed E-state index contributed by atoms with van der Waals surface area (Å²) in [7, 11) is 0. The van der Waals surface area contributed by atoms with Crippen molar-refractivity contribution in [2.75, 3.05) is 6.67 Å². The molecule has 0 saturated carbocycles. The number of aliphatic imine (C=N–C) groups is 2. The zero-order valence-corrected chi connectivity index (χ0v) is 19.4. The molecule has 0 unspecified atom stereocenters. The van der Waals surface area contributed by atoms with Crippen LogP contribution in [-0.4, -0.2) is 44.2 Å². The molecule has 0 radical (unpaired) electrons. The number of piperidine rings is 1. The summed E-state index contributed by atoms with van der Waals surface area (Å²) in [4.78, 5) is 10.6. The van der Waals surface area contributed by atoms with Gasteiger partial charge in [0.05, 0.1) is 5.56 Å². The Morgan fingerprint density at radius 2 is 1.67 bits per heavy atom. The molecule has 0 aromatic heterocycles. The monoisotopic (exact) mass is 482 g/mol. The van der Waals surface area contributed by atoms with Gasteiger partial charge in [-0.2, -0.15) is 13.2 Å². The van der Waals surface area contributed by atoms with Gasteiger partial charge in [-0.3, -0.25) is 0 Å². The van der Waals surface area contributed by atoms with Crippen LogP contribution in [-0.2, 0) is 6.18 Å². The first kappa shape index (κ1) is 23.6. The van der Waals surface area contributed by atoms with E-state index in [1.165, 1.54) is 6.07 Å². The first-order valence-corrected chi connectivity index (χ1v) is 10.6. The Balaban J connectivity index is 2.06. The van der Waals surface area contributed by atoms with Crippen molar-refractivity contribution in [2.45, 2.75) is 67.6 Å². The SMILES string of the molecule is CC1(C)CC(N2CN=C(C(Cl)(Cl)Cl)N=C2c2cccc(C(F)(F)F)c2)CC(C)(C)N1. The minimum atomic E-state index is -4.47. The molecule has 1 saturated heterocycles. The van der Waals surface area contributed by atoms with Gasteiger partial charge in [-0.25, -0.2) is 9.98 Å². The maximum absolute atomic E-state index is 13.3. The van der Waals surface area contributed by atoms with E-state index >= 15 is 0 Å². The quantitative estimate of drug-likeness (QED) is 0.540. The van der Waals surface area contributed by atoms with Crippen LogP contribution in [0.5, 0.6) is 0 Å². The van der Waals surface area contributed by atoms with Crippen molar-refractivity contribution in [3.05, 3.63) is 35.4 Å². The molecule has 0 bridgehead atoms. The molecule has 4 nitrogen and oxygen atoms in total. The number of rotatable bonds is 2. The lowest BCUT2D eigenvalue weighted by Crippen LogP contribution is -2.63. The highest BCUT2D eigenvalue weighted by atomic mass is 35.6. The number of nitrogens with zero attached hydrogens (tertiary/aromatic N) is 3. The Kier molecular flexibility index (Phi) is 6.18. The molecular formula is C20H24Cl3F3N4. The molecule has 1 N–H and O–H groups in total. The van der Waals surface area contributed by atoms with Crippen molar-refractivity contribution in [2.24, 2.45) is 9.98 Å². The smallest absolute Gasteiger partial charge is 0.333 e.